The number of hydrogen-bond donors (Lipinski definition) is 1. The largest absolute Gasteiger partial charge is 0.295 e. The molecule has 0 radical (unpaired) electrons. The number of benzene rings is 2. The van der Waals surface area contributed by atoms with Crippen LogP contribution in [0.5, 0.6) is 0 Å². The molecule has 1 N–H and O–H groups in total. The first-order chi connectivity index (χ1) is 10.7. The van der Waals surface area contributed by atoms with Crippen molar-refractivity contribution in [3.8, 4) is 0 Å². The van der Waals surface area contributed by atoms with Gasteiger partial charge in [0.15, 0.2) is 0 Å². The summed E-state index contributed by atoms with van der Waals surface area (Å²) in [7, 11) is 0. The van der Waals surface area contributed by atoms with Crippen LogP contribution in [0.2, 0.25) is 0 Å². The lowest BCUT2D eigenvalue weighted by molar-refractivity contribution is -0.385. The van der Waals surface area contributed by atoms with Crippen molar-refractivity contribution < 1.29 is 9.72 Å². The molecule has 0 spiro atoms. The zero-order valence-electron chi connectivity index (χ0n) is 11.5. The number of para-hydroxylation sites is 1. The maximum absolute atomic E-state index is 11.3. The van der Waals surface area contributed by atoms with Gasteiger partial charge in [0.1, 0.15) is 6.04 Å². The Hall–Kier alpha value is -3.15. The Balaban J connectivity index is 2.04. The normalized spacial score (nSPS) is 16.8. The molecule has 1 heterocycles. The van der Waals surface area contributed by atoms with Crippen LogP contribution in [-0.2, 0) is 4.79 Å². The van der Waals surface area contributed by atoms with Gasteiger partial charge in [0.2, 0.25) is 6.41 Å². The summed E-state index contributed by atoms with van der Waals surface area (Å²) in [4.78, 5) is 22.1. The van der Waals surface area contributed by atoms with Gasteiger partial charge in [-0.2, -0.15) is 0 Å². The van der Waals surface area contributed by atoms with E-state index in [1.807, 2.05) is 36.4 Å². The lowest BCUT2D eigenvalue weighted by atomic mass is 10.0. The quantitative estimate of drug-likeness (QED) is 0.534. The number of nitro groups is 1. The van der Waals surface area contributed by atoms with Crippen molar-refractivity contribution >= 4 is 17.8 Å². The molecule has 1 atom stereocenters. The summed E-state index contributed by atoms with van der Waals surface area (Å²) in [6.07, 6.45) is 2.44. The molecule has 1 aliphatic heterocycles. The second-order valence-electron chi connectivity index (χ2n) is 4.83. The van der Waals surface area contributed by atoms with Crippen LogP contribution in [0.1, 0.15) is 17.2 Å². The van der Waals surface area contributed by atoms with E-state index in [-0.39, 0.29) is 5.69 Å². The minimum Gasteiger partial charge on any atom is -0.295 e. The van der Waals surface area contributed by atoms with Crippen molar-refractivity contribution in [1.29, 1.82) is 0 Å². The highest BCUT2D eigenvalue weighted by Crippen LogP contribution is 2.34. The van der Waals surface area contributed by atoms with Gasteiger partial charge in [-0.15, -0.1) is 0 Å². The maximum atomic E-state index is 11.3. The van der Waals surface area contributed by atoms with Crippen LogP contribution in [0, 0.1) is 10.1 Å². The fourth-order valence-electron chi connectivity index (χ4n) is 2.50. The fraction of sp³-hybridized carbons (Fsp3) is 0.0625. The first-order valence-electron chi connectivity index (χ1n) is 6.71. The van der Waals surface area contributed by atoms with Crippen molar-refractivity contribution in [3.05, 3.63) is 81.9 Å². The molecule has 1 unspecified atom stereocenters. The number of nitrogens with zero attached hydrogens (tertiary/aromatic N) is 2. The highest BCUT2D eigenvalue weighted by atomic mass is 16.6. The van der Waals surface area contributed by atoms with Crippen LogP contribution < -0.4 is 5.43 Å². The molecule has 0 fully saturated rings. The predicted molar refractivity (Wildman–Crippen MR) is 81.3 cm³/mol. The number of nitro benzene ring substituents is 1. The smallest absolute Gasteiger partial charge is 0.275 e. The van der Waals surface area contributed by atoms with Gasteiger partial charge in [0, 0.05) is 6.07 Å². The molecule has 6 nitrogen and oxygen atoms in total. The molecule has 1 amide bonds. The molecule has 2 aromatic rings. The summed E-state index contributed by atoms with van der Waals surface area (Å²) >= 11 is 0. The van der Waals surface area contributed by atoms with E-state index in [1.54, 1.807) is 18.2 Å². The highest BCUT2D eigenvalue weighted by molar-refractivity contribution is 5.70. The molecule has 0 saturated carbocycles. The Morgan fingerprint density at radius 3 is 2.45 bits per heavy atom. The van der Waals surface area contributed by atoms with Crippen molar-refractivity contribution in [2.75, 3.05) is 0 Å². The van der Waals surface area contributed by atoms with Crippen molar-refractivity contribution in [3.63, 3.8) is 0 Å². The van der Waals surface area contributed by atoms with E-state index >= 15 is 0 Å². The average Bonchev–Trinajstić information content (AvgIpc) is 3.00. The SMILES string of the molecule is O=CN1NC(c2ccccc2)=CC1c1ccccc1[N+](=O)[O-]. The zero-order valence-corrected chi connectivity index (χ0v) is 11.5. The topological polar surface area (TPSA) is 75.5 Å². The summed E-state index contributed by atoms with van der Waals surface area (Å²) in [5.41, 5.74) is 5.10. The minimum atomic E-state index is -0.519. The van der Waals surface area contributed by atoms with E-state index in [4.69, 9.17) is 0 Å². The van der Waals surface area contributed by atoms with E-state index < -0.39 is 11.0 Å². The Bertz CT molecular complexity index is 743. The molecule has 0 aromatic heterocycles. The van der Waals surface area contributed by atoms with E-state index in [0.717, 1.165) is 11.3 Å². The number of nitrogens with one attached hydrogen (secondary N) is 1. The molecular weight excluding hydrogens is 282 g/mol. The predicted octanol–water partition coefficient (Wildman–Crippen LogP) is 2.65. The number of carbonyl (C=O) groups excluding carboxylic acids is 1. The van der Waals surface area contributed by atoms with Crippen molar-refractivity contribution in [2.24, 2.45) is 0 Å². The highest BCUT2D eigenvalue weighted by Gasteiger charge is 2.30. The summed E-state index contributed by atoms with van der Waals surface area (Å²) in [6.45, 7) is 0. The van der Waals surface area contributed by atoms with Gasteiger partial charge in [0.05, 0.1) is 16.2 Å². The van der Waals surface area contributed by atoms with Gasteiger partial charge in [0.25, 0.3) is 5.69 Å². The minimum absolute atomic E-state index is 0.00767. The van der Waals surface area contributed by atoms with E-state index in [9.17, 15) is 14.9 Å². The molecule has 2 aromatic carbocycles. The van der Waals surface area contributed by atoms with Crippen LogP contribution in [0.3, 0.4) is 0 Å². The third-order valence-electron chi connectivity index (χ3n) is 3.52. The summed E-state index contributed by atoms with van der Waals surface area (Å²) in [5.74, 6) is 0. The van der Waals surface area contributed by atoms with Gasteiger partial charge < -0.3 is 0 Å². The molecule has 0 bridgehead atoms. The van der Waals surface area contributed by atoms with Crippen LogP contribution >= 0.6 is 0 Å². The summed E-state index contributed by atoms with van der Waals surface area (Å²) in [6, 6.07) is 15.4. The molecule has 110 valence electrons. The molecular formula is C16H13N3O3. The zero-order chi connectivity index (χ0) is 15.5. The molecule has 22 heavy (non-hydrogen) atoms. The molecule has 0 aliphatic carbocycles. The van der Waals surface area contributed by atoms with E-state index in [0.29, 0.717) is 12.0 Å². The second kappa shape index (κ2) is 5.69. The lowest BCUT2D eigenvalue weighted by Crippen LogP contribution is -2.32. The average molecular weight is 295 g/mol. The number of carbonyl (C=O) groups is 1. The Morgan fingerprint density at radius 1 is 1.09 bits per heavy atom. The summed E-state index contributed by atoms with van der Waals surface area (Å²) in [5, 5.41) is 12.5. The number of hydrogen-bond acceptors (Lipinski definition) is 4. The van der Waals surface area contributed by atoms with Gasteiger partial charge in [-0.3, -0.25) is 20.3 Å². The summed E-state index contributed by atoms with van der Waals surface area (Å²) < 4.78 is 0. The van der Waals surface area contributed by atoms with E-state index in [1.165, 1.54) is 11.1 Å². The Morgan fingerprint density at radius 2 is 1.77 bits per heavy atom. The maximum Gasteiger partial charge on any atom is 0.275 e. The van der Waals surface area contributed by atoms with Gasteiger partial charge in [-0.05, 0) is 17.7 Å². The van der Waals surface area contributed by atoms with Crippen LogP contribution in [0.25, 0.3) is 5.70 Å². The molecule has 1 aliphatic rings. The van der Waals surface area contributed by atoms with E-state index in [2.05, 4.69) is 5.43 Å². The third-order valence-corrected chi connectivity index (χ3v) is 3.52. The monoisotopic (exact) mass is 295 g/mol. The number of hydrazine groups is 1. The van der Waals surface area contributed by atoms with Gasteiger partial charge >= 0.3 is 0 Å². The molecule has 0 saturated heterocycles. The third kappa shape index (κ3) is 2.42. The first kappa shape index (κ1) is 13.8. The second-order valence-corrected chi connectivity index (χ2v) is 4.83. The standard InChI is InChI=1S/C16H13N3O3/c20-11-18-16(13-8-4-5-9-15(13)19(21)22)10-14(17-18)12-6-2-1-3-7-12/h1-11,16-17H. The number of rotatable bonds is 4. The Kier molecular flexibility index (Phi) is 3.57. The van der Waals surface area contributed by atoms with Crippen LogP contribution in [0.4, 0.5) is 5.69 Å². The lowest BCUT2D eigenvalue weighted by Gasteiger charge is -2.20. The Labute approximate surface area is 126 Å². The van der Waals surface area contributed by atoms with Crippen molar-refractivity contribution in [1.82, 2.24) is 10.4 Å². The van der Waals surface area contributed by atoms with Gasteiger partial charge in [-0.1, -0.05) is 42.5 Å². The van der Waals surface area contributed by atoms with Crippen LogP contribution in [-0.4, -0.2) is 16.3 Å². The van der Waals surface area contributed by atoms with Crippen LogP contribution in [0.15, 0.2) is 60.7 Å². The fourth-order valence-corrected chi connectivity index (χ4v) is 2.50. The van der Waals surface area contributed by atoms with Crippen molar-refractivity contribution in [2.45, 2.75) is 6.04 Å². The van der Waals surface area contributed by atoms with Gasteiger partial charge in [-0.25, -0.2) is 5.01 Å². The first-order valence-corrected chi connectivity index (χ1v) is 6.71. The molecule has 3 rings (SSSR count). The molecule has 6 heteroatoms. The number of amides is 1.